The molecule has 0 saturated heterocycles. The summed E-state index contributed by atoms with van der Waals surface area (Å²) in [6, 6.07) is 12.6. The summed E-state index contributed by atoms with van der Waals surface area (Å²) in [6.45, 7) is 6.38. The van der Waals surface area contributed by atoms with E-state index >= 15 is 0 Å². The van der Waals surface area contributed by atoms with E-state index in [4.69, 9.17) is 13.9 Å². The van der Waals surface area contributed by atoms with Gasteiger partial charge in [-0.2, -0.15) is 0 Å². The number of ether oxygens (including phenoxy) is 2. The number of carbonyl (C=O) groups excluding carboxylic acids is 1. The molecule has 1 aromatic heterocycles. The summed E-state index contributed by atoms with van der Waals surface area (Å²) in [5, 5.41) is 2.74. The van der Waals surface area contributed by atoms with Crippen LogP contribution in [0.4, 0.5) is 0 Å². The number of rotatable bonds is 7. The Labute approximate surface area is 192 Å². The smallest absolute Gasteiger partial charge is 0.235 e. The van der Waals surface area contributed by atoms with Gasteiger partial charge in [0, 0.05) is 5.56 Å². The highest BCUT2D eigenvalue weighted by molar-refractivity contribution is 7.91. The second-order valence-corrected chi connectivity index (χ2v) is 10.2. The number of carbonyl (C=O) groups is 1. The molecule has 0 fully saturated rings. The summed E-state index contributed by atoms with van der Waals surface area (Å²) >= 11 is 0. The van der Waals surface area contributed by atoms with Gasteiger partial charge in [-0.15, -0.1) is 0 Å². The molecule has 8 nitrogen and oxygen atoms in total. The molecule has 174 valence electrons. The van der Waals surface area contributed by atoms with Crippen molar-refractivity contribution in [3.8, 4) is 23.0 Å². The van der Waals surface area contributed by atoms with E-state index in [-0.39, 0.29) is 5.75 Å². The van der Waals surface area contributed by atoms with E-state index in [1.54, 1.807) is 26.0 Å². The maximum atomic E-state index is 12.7. The number of oxazole rings is 1. The first-order chi connectivity index (χ1) is 15.7. The van der Waals surface area contributed by atoms with Crippen LogP contribution in [0.5, 0.6) is 11.5 Å². The molecular weight excluding hydrogens is 444 g/mol. The Hall–Kier alpha value is -3.33. The molecule has 2 aromatic carbocycles. The van der Waals surface area contributed by atoms with Crippen molar-refractivity contribution in [2.45, 2.75) is 32.6 Å². The average molecular weight is 471 g/mol. The van der Waals surface area contributed by atoms with Crippen molar-refractivity contribution in [3.63, 3.8) is 0 Å². The molecule has 0 spiro atoms. The minimum absolute atomic E-state index is 0.304. The monoisotopic (exact) mass is 470 g/mol. The molecule has 0 saturated carbocycles. The van der Waals surface area contributed by atoms with E-state index in [2.05, 4.69) is 10.3 Å². The second kappa shape index (κ2) is 9.27. The highest BCUT2D eigenvalue weighted by Gasteiger charge is 2.23. The molecule has 1 atom stereocenters. The summed E-state index contributed by atoms with van der Waals surface area (Å²) < 4.78 is 42.1. The molecule has 1 aliphatic rings. The largest absolute Gasteiger partial charge is 0.486 e. The molecule has 1 unspecified atom stereocenters. The summed E-state index contributed by atoms with van der Waals surface area (Å²) in [7, 11) is -3.75. The number of nitrogens with zero attached hydrogens (tertiary/aromatic N) is 1. The maximum absolute atomic E-state index is 12.7. The highest BCUT2D eigenvalue weighted by Crippen LogP contribution is 2.32. The summed E-state index contributed by atoms with van der Waals surface area (Å²) in [4.78, 5) is 16.8. The number of fused-ring (bicyclic) bond motifs is 1. The number of hydrogen-bond acceptors (Lipinski definition) is 7. The van der Waals surface area contributed by atoms with Crippen LogP contribution >= 0.6 is 0 Å². The second-order valence-electron chi connectivity index (χ2n) is 8.11. The number of aromatic nitrogens is 1. The van der Waals surface area contributed by atoms with E-state index in [0.717, 1.165) is 16.7 Å². The van der Waals surface area contributed by atoms with Crippen LogP contribution in [0.15, 0.2) is 46.9 Å². The van der Waals surface area contributed by atoms with Crippen LogP contribution in [0.25, 0.3) is 11.5 Å². The van der Waals surface area contributed by atoms with Gasteiger partial charge >= 0.3 is 0 Å². The Balaban J connectivity index is 1.39. The first-order valence-corrected chi connectivity index (χ1v) is 12.4. The predicted octanol–water partition coefficient (Wildman–Crippen LogP) is 3.52. The Kier molecular flexibility index (Phi) is 6.42. The van der Waals surface area contributed by atoms with Gasteiger partial charge in [-0.25, -0.2) is 13.4 Å². The number of hydrogen-bond donors (Lipinski definition) is 1. The van der Waals surface area contributed by atoms with Gasteiger partial charge in [-0.05, 0) is 50.6 Å². The van der Waals surface area contributed by atoms with Crippen molar-refractivity contribution < 1.29 is 27.1 Å². The van der Waals surface area contributed by atoms with Crippen LogP contribution in [0.2, 0.25) is 0 Å². The average Bonchev–Trinajstić information content (AvgIpc) is 3.12. The van der Waals surface area contributed by atoms with E-state index in [1.807, 2.05) is 37.3 Å². The molecule has 1 N–H and O–H groups in total. The minimum Gasteiger partial charge on any atom is -0.486 e. The summed E-state index contributed by atoms with van der Waals surface area (Å²) in [6.07, 6.45) is 0. The maximum Gasteiger partial charge on any atom is 0.235 e. The number of aryl methyl sites for hydroxylation is 2. The molecule has 9 heteroatoms. The first-order valence-electron chi connectivity index (χ1n) is 10.6. The van der Waals surface area contributed by atoms with Gasteiger partial charge in [-0.3, -0.25) is 4.79 Å². The first kappa shape index (κ1) is 22.8. The fourth-order valence-corrected chi connectivity index (χ4v) is 4.81. The number of benzene rings is 2. The van der Waals surface area contributed by atoms with E-state index < -0.39 is 27.5 Å². The zero-order chi connectivity index (χ0) is 23.6. The zero-order valence-electron chi connectivity index (χ0n) is 18.8. The molecule has 3 aromatic rings. The molecule has 1 amide bonds. The zero-order valence-corrected chi connectivity index (χ0v) is 19.6. The molecule has 1 aliphatic heterocycles. The minimum atomic E-state index is -3.75. The fraction of sp³-hybridized carbons (Fsp3) is 0.333. The lowest BCUT2D eigenvalue weighted by Crippen LogP contribution is -2.33. The van der Waals surface area contributed by atoms with Crippen molar-refractivity contribution in [3.05, 3.63) is 65.0 Å². The fourth-order valence-electron chi connectivity index (χ4n) is 3.54. The number of amides is 1. The molecule has 2 heterocycles. The lowest BCUT2D eigenvalue weighted by Gasteiger charge is -2.21. The van der Waals surface area contributed by atoms with Crippen molar-refractivity contribution in [1.82, 2.24) is 10.3 Å². The van der Waals surface area contributed by atoms with E-state index in [1.165, 1.54) is 0 Å². The topological polar surface area (TPSA) is 108 Å². The number of sulfone groups is 1. The van der Waals surface area contributed by atoms with Crippen LogP contribution in [0.3, 0.4) is 0 Å². The van der Waals surface area contributed by atoms with E-state index in [9.17, 15) is 13.2 Å². The van der Waals surface area contributed by atoms with Gasteiger partial charge in [0.05, 0.1) is 17.5 Å². The number of nitrogens with one attached hydrogen (secondary N) is 1. The van der Waals surface area contributed by atoms with Gasteiger partial charge in [0.25, 0.3) is 0 Å². The highest BCUT2D eigenvalue weighted by atomic mass is 32.2. The van der Waals surface area contributed by atoms with Crippen LogP contribution in [0, 0.1) is 13.8 Å². The molecule has 4 rings (SSSR count). The molecule has 0 radical (unpaired) electrons. The lowest BCUT2D eigenvalue weighted by atomic mass is 10.1. The third kappa shape index (κ3) is 5.54. The molecule has 0 aliphatic carbocycles. The third-order valence-electron chi connectivity index (χ3n) is 5.34. The van der Waals surface area contributed by atoms with Crippen molar-refractivity contribution >= 4 is 15.7 Å². The normalized spacial score (nSPS) is 14.0. The summed E-state index contributed by atoms with van der Waals surface area (Å²) in [5.74, 6) is 0.428. The Morgan fingerprint density at radius 3 is 2.48 bits per heavy atom. The molecule has 0 bridgehead atoms. The van der Waals surface area contributed by atoms with Crippen LogP contribution < -0.4 is 14.8 Å². The van der Waals surface area contributed by atoms with Gasteiger partial charge in [0.2, 0.25) is 11.8 Å². The van der Waals surface area contributed by atoms with Gasteiger partial charge in [-0.1, -0.05) is 23.8 Å². The quantitative estimate of drug-likeness (QED) is 0.563. The van der Waals surface area contributed by atoms with Crippen LogP contribution in [-0.4, -0.2) is 38.3 Å². The Morgan fingerprint density at radius 1 is 1.06 bits per heavy atom. The molecule has 33 heavy (non-hydrogen) atoms. The van der Waals surface area contributed by atoms with E-state index in [0.29, 0.717) is 42.1 Å². The van der Waals surface area contributed by atoms with Gasteiger partial charge < -0.3 is 19.2 Å². The van der Waals surface area contributed by atoms with Crippen LogP contribution in [0.1, 0.15) is 35.5 Å². The third-order valence-corrected chi connectivity index (χ3v) is 6.76. The lowest BCUT2D eigenvalue weighted by molar-refractivity contribution is -0.119. The van der Waals surface area contributed by atoms with Gasteiger partial charge in [0.1, 0.15) is 24.7 Å². The predicted molar refractivity (Wildman–Crippen MR) is 123 cm³/mol. The van der Waals surface area contributed by atoms with Crippen molar-refractivity contribution in [2.24, 2.45) is 0 Å². The van der Waals surface area contributed by atoms with Gasteiger partial charge in [0.15, 0.2) is 21.3 Å². The molecular formula is C24H26N2O6S. The summed E-state index contributed by atoms with van der Waals surface area (Å²) in [5.41, 5.74) is 2.96. The van der Waals surface area contributed by atoms with Crippen molar-refractivity contribution in [1.29, 1.82) is 0 Å². The van der Waals surface area contributed by atoms with Crippen molar-refractivity contribution in [2.75, 3.05) is 19.0 Å². The Bertz CT molecular complexity index is 1260. The van der Waals surface area contributed by atoms with Crippen LogP contribution in [-0.2, 0) is 20.4 Å². The Morgan fingerprint density at radius 2 is 1.76 bits per heavy atom. The standard InChI is InChI=1S/C24H26N2O6S/c1-15-4-6-18(7-5-15)24-26-20(17(3)32-24)13-33(28,29)14-23(27)25-16(2)19-8-9-21-22(12-19)31-11-10-30-21/h4-9,12,16H,10-11,13-14H2,1-3H3,(H,25,27). The SMILES string of the molecule is Cc1ccc(-c2nc(CS(=O)(=O)CC(=O)NC(C)c3ccc4c(c3)OCCO4)c(C)o2)cc1.